The molecule has 1 aromatic carbocycles. The van der Waals surface area contributed by atoms with E-state index in [1.54, 1.807) is 30.3 Å². The molecule has 0 spiro atoms. The van der Waals surface area contributed by atoms with E-state index in [4.69, 9.17) is 2.74 Å². The van der Waals surface area contributed by atoms with E-state index in [0.717, 1.165) is 14.2 Å². The minimum Gasteiger partial charge on any atom is -0.469 e. The summed E-state index contributed by atoms with van der Waals surface area (Å²) in [6, 6.07) is 8.60. The monoisotopic (exact) mass is 236 g/mol. The van der Waals surface area contributed by atoms with Crippen molar-refractivity contribution < 1.29 is 21.8 Å². The van der Waals surface area contributed by atoms with Gasteiger partial charge in [0.15, 0.2) is 0 Å². The molecule has 4 heteroatoms. The highest BCUT2D eigenvalue weighted by Gasteiger charge is 2.14. The van der Waals surface area contributed by atoms with Gasteiger partial charge < -0.3 is 9.47 Å². The molecule has 0 unspecified atom stereocenters. The van der Waals surface area contributed by atoms with Gasteiger partial charge >= 0.3 is 11.9 Å². The largest absolute Gasteiger partial charge is 0.469 e. The molecule has 4 nitrogen and oxygen atoms in total. The molecular formula is C13H14O4. The van der Waals surface area contributed by atoms with E-state index in [-0.39, 0.29) is 0 Å². The Morgan fingerprint density at radius 2 is 1.88 bits per heavy atom. The number of ether oxygens (including phenoxy) is 2. The molecule has 0 aliphatic carbocycles. The number of carbonyl (C=O) groups is 2. The van der Waals surface area contributed by atoms with Crippen LogP contribution in [0.3, 0.4) is 0 Å². The number of carbonyl (C=O) groups excluding carboxylic acids is 2. The molecule has 0 saturated carbocycles. The fraction of sp³-hybridized carbons (Fsp3) is 0.231. The van der Waals surface area contributed by atoms with Crippen LogP contribution in [-0.2, 0) is 19.1 Å². The van der Waals surface area contributed by atoms with Crippen molar-refractivity contribution in [1.29, 1.82) is 0 Å². The highest BCUT2D eigenvalue weighted by Crippen LogP contribution is 2.12. The van der Waals surface area contributed by atoms with Crippen molar-refractivity contribution in [2.45, 2.75) is 6.37 Å². The number of benzene rings is 1. The Hall–Kier alpha value is -2.10. The molecule has 0 aromatic heterocycles. The Kier molecular flexibility index (Phi) is 3.84. The molecule has 0 heterocycles. The van der Waals surface area contributed by atoms with Crippen LogP contribution in [0.2, 0.25) is 0 Å². The third kappa shape index (κ3) is 4.10. The Balaban J connectivity index is 3.27. The van der Waals surface area contributed by atoms with Gasteiger partial charge in [0, 0.05) is 8.31 Å². The van der Waals surface area contributed by atoms with E-state index < -0.39 is 23.9 Å². The van der Waals surface area contributed by atoms with Crippen molar-refractivity contribution >= 4 is 18.0 Å². The number of esters is 2. The molecule has 0 fully saturated rings. The highest BCUT2D eigenvalue weighted by atomic mass is 16.5. The SMILES string of the molecule is [2H]C([2H])(C(=O)OC)/C(=C\c1ccccc1)C(=O)OC. The van der Waals surface area contributed by atoms with Crippen LogP contribution >= 0.6 is 0 Å². The second-order valence-corrected chi connectivity index (χ2v) is 3.08. The molecule has 17 heavy (non-hydrogen) atoms. The quantitative estimate of drug-likeness (QED) is 0.591. The number of hydrogen-bond donors (Lipinski definition) is 0. The third-order valence-electron chi connectivity index (χ3n) is 1.94. The molecule has 0 N–H and O–H groups in total. The first-order valence-corrected chi connectivity index (χ1v) is 4.87. The molecule has 90 valence electrons. The van der Waals surface area contributed by atoms with Crippen molar-refractivity contribution in [3.8, 4) is 0 Å². The Morgan fingerprint density at radius 3 is 2.41 bits per heavy atom. The topological polar surface area (TPSA) is 52.6 Å². The smallest absolute Gasteiger partial charge is 0.334 e. The van der Waals surface area contributed by atoms with Crippen LogP contribution in [0.15, 0.2) is 35.9 Å². The van der Waals surface area contributed by atoms with Crippen LogP contribution < -0.4 is 0 Å². The molecule has 1 rings (SSSR count). The summed E-state index contributed by atoms with van der Waals surface area (Å²) >= 11 is 0. The Labute approximate surface area is 103 Å². The number of hydrogen-bond acceptors (Lipinski definition) is 4. The lowest BCUT2D eigenvalue weighted by Crippen LogP contribution is -2.10. The second-order valence-electron chi connectivity index (χ2n) is 3.08. The normalized spacial score (nSPS) is 13.4. The summed E-state index contributed by atoms with van der Waals surface area (Å²) < 4.78 is 24.3. The number of methoxy groups -OCH3 is 2. The zero-order chi connectivity index (χ0) is 14.5. The summed E-state index contributed by atoms with van der Waals surface area (Å²) in [5.74, 6) is -2.07. The molecule has 0 atom stereocenters. The first kappa shape index (κ1) is 10.1. The Morgan fingerprint density at radius 1 is 1.24 bits per heavy atom. The van der Waals surface area contributed by atoms with Gasteiger partial charge in [-0.25, -0.2) is 4.79 Å². The average Bonchev–Trinajstić information content (AvgIpc) is 2.43. The van der Waals surface area contributed by atoms with Crippen LogP contribution in [0.5, 0.6) is 0 Å². The van der Waals surface area contributed by atoms with Gasteiger partial charge in [-0.15, -0.1) is 0 Å². The van der Waals surface area contributed by atoms with Crippen molar-refractivity contribution in [2.24, 2.45) is 0 Å². The van der Waals surface area contributed by atoms with E-state index >= 15 is 0 Å². The van der Waals surface area contributed by atoms with Gasteiger partial charge in [-0.1, -0.05) is 30.3 Å². The van der Waals surface area contributed by atoms with Crippen molar-refractivity contribution in [2.75, 3.05) is 14.2 Å². The standard InChI is InChI=1S/C13H14O4/c1-16-12(14)9-11(13(15)17-2)8-10-6-4-3-5-7-10/h3-8H,9H2,1-2H3/b11-8+/i9D2. The van der Waals surface area contributed by atoms with Gasteiger partial charge in [-0.2, -0.15) is 0 Å². The van der Waals surface area contributed by atoms with Crippen molar-refractivity contribution in [3.05, 3.63) is 41.5 Å². The maximum Gasteiger partial charge on any atom is 0.334 e. The molecule has 0 saturated heterocycles. The van der Waals surface area contributed by atoms with E-state index in [2.05, 4.69) is 9.47 Å². The summed E-state index contributed by atoms with van der Waals surface area (Å²) in [6.45, 7) is 0. The average molecular weight is 236 g/mol. The fourth-order valence-corrected chi connectivity index (χ4v) is 1.13. The van der Waals surface area contributed by atoms with Gasteiger partial charge in [0.2, 0.25) is 0 Å². The van der Waals surface area contributed by atoms with Gasteiger partial charge in [0.1, 0.15) is 0 Å². The van der Waals surface area contributed by atoms with Gasteiger partial charge in [0.05, 0.1) is 20.6 Å². The summed E-state index contributed by atoms with van der Waals surface area (Å²) in [5, 5.41) is 0. The lowest BCUT2D eigenvalue weighted by molar-refractivity contribution is -0.143. The summed E-state index contributed by atoms with van der Waals surface area (Å²) in [7, 11) is 2.17. The summed E-state index contributed by atoms with van der Waals surface area (Å²) in [6.07, 6.45) is -1.31. The Bertz CT molecular complexity index is 495. The molecule has 1 aromatic rings. The van der Waals surface area contributed by atoms with Crippen LogP contribution in [0.4, 0.5) is 0 Å². The van der Waals surface area contributed by atoms with Gasteiger partial charge in [-0.3, -0.25) is 4.79 Å². The zero-order valence-electron chi connectivity index (χ0n) is 11.6. The van der Waals surface area contributed by atoms with Crippen LogP contribution in [0.1, 0.15) is 14.7 Å². The van der Waals surface area contributed by atoms with Crippen molar-refractivity contribution in [1.82, 2.24) is 0 Å². The lowest BCUT2D eigenvalue weighted by atomic mass is 10.1. The minimum atomic E-state index is -2.57. The molecule has 0 bridgehead atoms. The predicted octanol–water partition coefficient (Wildman–Crippen LogP) is 1.81. The third-order valence-corrected chi connectivity index (χ3v) is 1.94. The van der Waals surface area contributed by atoms with E-state index in [9.17, 15) is 9.59 Å². The van der Waals surface area contributed by atoms with Crippen LogP contribution in [0, 0.1) is 0 Å². The first-order chi connectivity index (χ1) is 8.93. The maximum absolute atomic E-state index is 11.6. The summed E-state index contributed by atoms with van der Waals surface area (Å²) in [5.41, 5.74) is 0.170. The molecule has 0 aliphatic rings. The predicted molar refractivity (Wildman–Crippen MR) is 63.1 cm³/mol. The second kappa shape index (κ2) is 6.48. The lowest BCUT2D eigenvalue weighted by Gasteiger charge is -2.04. The number of rotatable bonds is 4. The first-order valence-electron chi connectivity index (χ1n) is 5.87. The highest BCUT2D eigenvalue weighted by molar-refractivity contribution is 5.98. The fourth-order valence-electron chi connectivity index (χ4n) is 1.13. The van der Waals surface area contributed by atoms with Crippen molar-refractivity contribution in [3.63, 3.8) is 0 Å². The van der Waals surface area contributed by atoms with E-state index in [1.165, 1.54) is 6.08 Å². The van der Waals surface area contributed by atoms with Gasteiger partial charge in [-0.05, 0) is 11.6 Å². The van der Waals surface area contributed by atoms with Gasteiger partial charge in [0.25, 0.3) is 0 Å². The molecular weight excluding hydrogens is 220 g/mol. The van der Waals surface area contributed by atoms with E-state index in [0.29, 0.717) is 5.56 Å². The summed E-state index contributed by atoms with van der Waals surface area (Å²) in [4.78, 5) is 23.1. The van der Waals surface area contributed by atoms with Crippen LogP contribution in [0.25, 0.3) is 6.08 Å². The zero-order valence-corrected chi connectivity index (χ0v) is 9.60. The van der Waals surface area contributed by atoms with Crippen LogP contribution in [-0.4, -0.2) is 26.2 Å². The van der Waals surface area contributed by atoms with E-state index in [1.807, 2.05) is 0 Å². The maximum atomic E-state index is 11.6. The molecule has 0 radical (unpaired) electrons. The minimum absolute atomic E-state index is 0.409. The molecule has 0 aliphatic heterocycles. The molecule has 0 amide bonds.